The van der Waals surface area contributed by atoms with E-state index in [0.717, 1.165) is 16.0 Å². The lowest BCUT2D eigenvalue weighted by molar-refractivity contribution is -0.153. The number of nitrogens with zero attached hydrogens (tertiary/aromatic N) is 2. The van der Waals surface area contributed by atoms with Crippen molar-refractivity contribution < 1.29 is 52.8 Å². The molecule has 0 radical (unpaired) electrons. The Hall–Kier alpha value is -7.84. The van der Waals surface area contributed by atoms with Crippen LogP contribution >= 0.6 is 11.6 Å². The minimum atomic E-state index is -1.37. The molecule has 6 rings (SSSR count). The molecule has 0 aliphatic heterocycles. The molecule has 2 N–H and O–H groups in total. The summed E-state index contributed by atoms with van der Waals surface area (Å²) >= 11 is 7.07. The van der Waals surface area contributed by atoms with Gasteiger partial charge in [0.25, 0.3) is 0 Å². The third-order valence-electron chi connectivity index (χ3n) is 11.0. The number of halogens is 1. The van der Waals surface area contributed by atoms with Gasteiger partial charge >= 0.3 is 18.2 Å². The third kappa shape index (κ3) is 14.1. The van der Waals surface area contributed by atoms with Gasteiger partial charge in [-0.25, -0.2) is 14.4 Å². The molecule has 3 atom stereocenters. The molecular weight excluding hydrogens is 890 g/mol. The molecule has 3 amide bonds. The smallest absolute Gasteiger partial charge is 0.493 e. The summed E-state index contributed by atoms with van der Waals surface area (Å²) in [6.07, 6.45) is -2.16. The summed E-state index contributed by atoms with van der Waals surface area (Å²) in [7, 11) is 4.24. The van der Waals surface area contributed by atoms with Gasteiger partial charge in [0.1, 0.15) is 43.7 Å². The number of carbonyl (C=O) groups excluding carboxylic acids is 4. The van der Waals surface area contributed by atoms with Crippen LogP contribution in [0.2, 0.25) is 5.02 Å². The van der Waals surface area contributed by atoms with Crippen molar-refractivity contribution in [3.05, 3.63) is 196 Å². The number of hydrogen-bond acceptors (Lipinski definition) is 10. The average molecular weight is 942 g/mol. The molecule has 0 saturated carbocycles. The number of carbonyl (C=O) groups is 5. The molecule has 15 heteroatoms. The number of carboxylic acid groups (broad SMARTS) is 1. The van der Waals surface area contributed by atoms with Crippen molar-refractivity contribution in [3.63, 3.8) is 0 Å². The standard InChI is InChI=1S/C53H52ClN3O11/c1-56(49(58)43(55-52(62)66-34-39-20-12-6-13-21-39)30-37-24-27-42(28-25-37)68-53(63)67-35-40-22-14-7-15-23-40)44(50(59)57(2)45(51(60)61)31-36-16-8-4-9-17-36)32-41-26-29-46(64-3)48(47(41)54)65-33-38-18-10-5-11-19-38/h4-29,43-45H,30-35H2,1-3H3,(H,55,62)(H,60,61)/t43-,44+,45-/m0/s1. The van der Waals surface area contributed by atoms with Crippen molar-refractivity contribution in [2.45, 2.75) is 57.2 Å². The van der Waals surface area contributed by atoms with Crippen LogP contribution in [-0.2, 0) is 62.9 Å². The Balaban J connectivity index is 1.30. The number of nitrogens with one attached hydrogen (secondary N) is 1. The molecule has 68 heavy (non-hydrogen) atoms. The predicted molar refractivity (Wildman–Crippen MR) is 254 cm³/mol. The van der Waals surface area contributed by atoms with Crippen molar-refractivity contribution in [3.8, 4) is 17.2 Å². The highest BCUT2D eigenvalue weighted by atomic mass is 35.5. The van der Waals surface area contributed by atoms with Gasteiger partial charge in [-0.2, -0.15) is 0 Å². The van der Waals surface area contributed by atoms with E-state index in [0.29, 0.717) is 28.0 Å². The van der Waals surface area contributed by atoms with Crippen molar-refractivity contribution in [1.82, 2.24) is 15.1 Å². The summed E-state index contributed by atoms with van der Waals surface area (Å²) in [5.74, 6) is -1.98. The van der Waals surface area contributed by atoms with Gasteiger partial charge < -0.3 is 43.9 Å². The van der Waals surface area contributed by atoms with E-state index in [4.69, 9.17) is 35.3 Å². The maximum Gasteiger partial charge on any atom is 0.514 e. The largest absolute Gasteiger partial charge is 0.514 e. The number of aliphatic carboxylic acids is 1. The normalized spacial score (nSPS) is 12.1. The number of rotatable bonds is 21. The van der Waals surface area contributed by atoms with E-state index < -0.39 is 48.2 Å². The Bertz CT molecular complexity index is 2600. The molecule has 6 aromatic rings. The van der Waals surface area contributed by atoms with Crippen molar-refractivity contribution in [2.75, 3.05) is 21.2 Å². The lowest BCUT2D eigenvalue weighted by Gasteiger charge is -2.35. The maximum absolute atomic E-state index is 14.9. The Morgan fingerprint density at radius 1 is 0.574 bits per heavy atom. The lowest BCUT2D eigenvalue weighted by atomic mass is 9.98. The molecule has 352 valence electrons. The summed E-state index contributed by atoms with van der Waals surface area (Å²) in [4.78, 5) is 70.9. The SMILES string of the molecule is COc1ccc(C[C@H](C(=O)N(C)[C@@H](Cc2ccccc2)C(=O)O)N(C)C(=O)[C@H](Cc2ccc(OC(=O)OCc3ccccc3)cc2)NC(=O)OCc2ccccc2)c(Cl)c1OCc1ccccc1. The molecule has 0 bridgehead atoms. The zero-order valence-electron chi connectivity index (χ0n) is 37.8. The third-order valence-corrected chi connectivity index (χ3v) is 11.5. The molecule has 0 aromatic heterocycles. The van der Waals surface area contributed by atoms with Gasteiger partial charge in [0.05, 0.1) is 12.1 Å². The summed E-state index contributed by atoms with van der Waals surface area (Å²) in [6.45, 7) is 0.0609. The Kier molecular flexibility index (Phi) is 18.0. The molecule has 0 spiro atoms. The molecule has 0 aliphatic carbocycles. The highest BCUT2D eigenvalue weighted by molar-refractivity contribution is 6.33. The van der Waals surface area contributed by atoms with E-state index in [1.165, 1.54) is 38.2 Å². The van der Waals surface area contributed by atoms with Gasteiger partial charge in [-0.3, -0.25) is 9.59 Å². The second-order valence-electron chi connectivity index (χ2n) is 15.7. The van der Waals surface area contributed by atoms with E-state index in [1.807, 2.05) is 66.7 Å². The van der Waals surface area contributed by atoms with Crippen molar-refractivity contribution in [2.24, 2.45) is 0 Å². The van der Waals surface area contributed by atoms with E-state index >= 15 is 0 Å². The van der Waals surface area contributed by atoms with Crippen LogP contribution in [0.3, 0.4) is 0 Å². The Labute approximate surface area is 399 Å². The number of carboxylic acids is 1. The first-order valence-corrected chi connectivity index (χ1v) is 22.0. The summed E-state index contributed by atoms with van der Waals surface area (Å²) < 4.78 is 27.9. The molecule has 0 unspecified atom stereocenters. The van der Waals surface area contributed by atoms with Crippen LogP contribution in [-0.4, -0.2) is 84.3 Å². The number of amides is 3. The molecule has 14 nitrogen and oxygen atoms in total. The van der Waals surface area contributed by atoms with Crippen LogP contribution in [0, 0.1) is 0 Å². The monoisotopic (exact) mass is 941 g/mol. The van der Waals surface area contributed by atoms with E-state index in [-0.39, 0.29) is 55.6 Å². The first kappa shape index (κ1) is 49.6. The fraction of sp³-hybridized carbons (Fsp3) is 0.226. The number of likely N-dealkylation sites (N-methyl/N-ethyl adjacent to an activating group) is 2. The van der Waals surface area contributed by atoms with Crippen LogP contribution in [0.5, 0.6) is 17.2 Å². The van der Waals surface area contributed by atoms with Gasteiger partial charge in [0.15, 0.2) is 11.5 Å². The topological polar surface area (TPSA) is 170 Å². The fourth-order valence-electron chi connectivity index (χ4n) is 7.25. The molecule has 0 aliphatic rings. The van der Waals surface area contributed by atoms with Crippen LogP contribution in [0.25, 0.3) is 0 Å². The van der Waals surface area contributed by atoms with Gasteiger partial charge in [-0.15, -0.1) is 0 Å². The van der Waals surface area contributed by atoms with Crippen molar-refractivity contribution >= 4 is 41.6 Å². The summed E-state index contributed by atoms with van der Waals surface area (Å²) in [5.41, 5.74) is 3.96. The maximum atomic E-state index is 14.9. The van der Waals surface area contributed by atoms with Crippen LogP contribution in [0.4, 0.5) is 9.59 Å². The van der Waals surface area contributed by atoms with E-state index in [2.05, 4.69) is 5.32 Å². The number of alkyl carbamates (subject to hydrolysis) is 1. The van der Waals surface area contributed by atoms with Gasteiger partial charge in [-0.05, 0) is 51.6 Å². The van der Waals surface area contributed by atoms with Gasteiger partial charge in [-0.1, -0.05) is 151 Å². The Morgan fingerprint density at radius 2 is 1.07 bits per heavy atom. The number of methoxy groups -OCH3 is 1. The van der Waals surface area contributed by atoms with Crippen LogP contribution in [0.15, 0.2) is 158 Å². The highest BCUT2D eigenvalue weighted by Gasteiger charge is 2.38. The predicted octanol–water partition coefficient (Wildman–Crippen LogP) is 8.70. The summed E-state index contributed by atoms with van der Waals surface area (Å²) in [6, 6.07) is 41.9. The minimum absolute atomic E-state index is 0.0122. The number of benzene rings is 6. The minimum Gasteiger partial charge on any atom is -0.493 e. The number of hydrogen-bond donors (Lipinski definition) is 2. The van der Waals surface area contributed by atoms with Gasteiger partial charge in [0.2, 0.25) is 11.8 Å². The zero-order chi connectivity index (χ0) is 48.4. The molecule has 6 aromatic carbocycles. The van der Waals surface area contributed by atoms with Crippen LogP contribution < -0.4 is 19.5 Å². The molecule has 0 heterocycles. The quantitative estimate of drug-likeness (QED) is 0.0523. The van der Waals surface area contributed by atoms with E-state index in [9.17, 15) is 29.1 Å². The first-order valence-electron chi connectivity index (χ1n) is 21.7. The second kappa shape index (κ2) is 24.6. The lowest BCUT2D eigenvalue weighted by Crippen LogP contribution is -2.58. The van der Waals surface area contributed by atoms with Crippen molar-refractivity contribution in [1.29, 1.82) is 0 Å². The highest BCUT2D eigenvalue weighted by Crippen LogP contribution is 2.39. The second-order valence-corrected chi connectivity index (χ2v) is 16.1. The molecule has 0 fully saturated rings. The average Bonchev–Trinajstić information content (AvgIpc) is 3.36. The van der Waals surface area contributed by atoms with E-state index in [1.54, 1.807) is 78.9 Å². The van der Waals surface area contributed by atoms with Gasteiger partial charge in [0, 0.05) is 33.4 Å². The summed E-state index contributed by atoms with van der Waals surface area (Å²) in [5, 5.41) is 13.3. The van der Waals surface area contributed by atoms with Crippen LogP contribution in [0.1, 0.15) is 33.4 Å². The number of ether oxygens (including phenoxy) is 5. The zero-order valence-corrected chi connectivity index (χ0v) is 38.5. The first-order chi connectivity index (χ1) is 32.9. The molecule has 0 saturated heterocycles. The fourth-order valence-corrected chi connectivity index (χ4v) is 7.54. The Morgan fingerprint density at radius 3 is 1.62 bits per heavy atom. The molecular formula is C53H52ClN3O11.